The average molecular weight is 300 g/mol. The molecule has 0 bridgehead atoms. The van der Waals surface area contributed by atoms with Gasteiger partial charge in [0.25, 0.3) is 0 Å². The average Bonchev–Trinajstić information content (AvgIpc) is 2.42. The summed E-state index contributed by atoms with van der Waals surface area (Å²) in [5.74, 6) is 0.213. The van der Waals surface area contributed by atoms with E-state index in [2.05, 4.69) is 24.3 Å². The zero-order valence-corrected chi connectivity index (χ0v) is 13.3. The predicted molar refractivity (Wildman–Crippen MR) is 85.4 cm³/mol. The number of hydrogen-bond acceptors (Lipinski definition) is 2. The first-order chi connectivity index (χ1) is 9.20. The van der Waals surface area contributed by atoms with Crippen LogP contribution in [0, 0.1) is 0 Å². The number of carbonyl (C=O) groups is 1. The minimum atomic E-state index is 0. The third-order valence-corrected chi connectivity index (χ3v) is 3.06. The summed E-state index contributed by atoms with van der Waals surface area (Å²) in [6.45, 7) is 1.57. The summed E-state index contributed by atoms with van der Waals surface area (Å²) >= 11 is 0. The van der Waals surface area contributed by atoms with Crippen molar-refractivity contribution < 1.29 is 9.53 Å². The minimum absolute atomic E-state index is 0. The Morgan fingerprint density at radius 2 is 1.75 bits per heavy atom. The van der Waals surface area contributed by atoms with E-state index in [0.29, 0.717) is 6.42 Å². The molecule has 0 unspecified atom stereocenters. The van der Waals surface area contributed by atoms with E-state index in [1.54, 1.807) is 19.0 Å². The van der Waals surface area contributed by atoms with Gasteiger partial charge >= 0.3 is 0 Å². The molecule has 0 aliphatic rings. The number of ether oxygens (including phenoxy) is 1. The topological polar surface area (TPSA) is 29.5 Å². The summed E-state index contributed by atoms with van der Waals surface area (Å²) in [6, 6.07) is 10.4. The molecule has 0 aliphatic heterocycles. The number of carbonyl (C=O) groups excluding carboxylic acids is 1. The van der Waals surface area contributed by atoms with E-state index in [4.69, 9.17) is 4.74 Å². The highest BCUT2D eigenvalue weighted by atomic mass is 35.5. The van der Waals surface area contributed by atoms with Gasteiger partial charge in [0.2, 0.25) is 5.91 Å². The molecule has 1 aromatic carbocycles. The number of rotatable bonds is 9. The van der Waals surface area contributed by atoms with E-state index < -0.39 is 0 Å². The fourth-order valence-electron chi connectivity index (χ4n) is 1.82. The van der Waals surface area contributed by atoms with Gasteiger partial charge in [0, 0.05) is 27.1 Å². The van der Waals surface area contributed by atoms with E-state index in [-0.39, 0.29) is 18.3 Å². The lowest BCUT2D eigenvalue weighted by molar-refractivity contribution is -0.128. The maximum absolute atomic E-state index is 11.3. The summed E-state index contributed by atoms with van der Waals surface area (Å²) in [5.41, 5.74) is 1.32. The second-order valence-electron chi connectivity index (χ2n) is 4.95. The summed E-state index contributed by atoms with van der Waals surface area (Å²) < 4.78 is 5.60. The summed E-state index contributed by atoms with van der Waals surface area (Å²) in [5, 5.41) is 0. The Kier molecular flexibility index (Phi) is 11.1. The fraction of sp³-hybridized carbons (Fsp3) is 0.562. The maximum Gasteiger partial charge on any atom is 0.222 e. The van der Waals surface area contributed by atoms with Crippen LogP contribution in [0.1, 0.15) is 31.2 Å². The van der Waals surface area contributed by atoms with Crippen molar-refractivity contribution in [3.05, 3.63) is 35.9 Å². The van der Waals surface area contributed by atoms with Gasteiger partial charge in [0.15, 0.2) is 0 Å². The van der Waals surface area contributed by atoms with Crippen molar-refractivity contribution in [2.75, 3.05) is 27.3 Å². The number of nitrogens with zero attached hydrogens (tertiary/aromatic N) is 1. The van der Waals surface area contributed by atoms with Crippen molar-refractivity contribution in [3.8, 4) is 0 Å². The van der Waals surface area contributed by atoms with Crippen molar-refractivity contribution in [2.24, 2.45) is 0 Å². The molecule has 0 N–H and O–H groups in total. The first-order valence-electron chi connectivity index (χ1n) is 7.02. The Morgan fingerprint density at radius 3 is 2.40 bits per heavy atom. The number of benzene rings is 1. The standard InChI is InChI=1S/C16H25NO2.ClH/c1-17(2)16(18)11-7-4-8-13-19-14-12-15-9-5-3-6-10-15;/h3,5-6,9-10H,4,7-8,11-14H2,1-2H3;1H. The molecule has 0 heterocycles. The zero-order valence-electron chi connectivity index (χ0n) is 12.5. The molecule has 1 amide bonds. The molecule has 0 saturated carbocycles. The van der Waals surface area contributed by atoms with Crippen LogP contribution in [0.2, 0.25) is 0 Å². The lowest BCUT2D eigenvalue weighted by Crippen LogP contribution is -2.21. The Balaban J connectivity index is 0.00000361. The highest BCUT2D eigenvalue weighted by molar-refractivity contribution is 5.85. The first kappa shape index (κ1) is 18.9. The normalized spacial score (nSPS) is 9.90. The van der Waals surface area contributed by atoms with Crippen LogP contribution in [-0.2, 0) is 16.0 Å². The van der Waals surface area contributed by atoms with Crippen LogP contribution >= 0.6 is 12.4 Å². The Morgan fingerprint density at radius 1 is 1.05 bits per heavy atom. The minimum Gasteiger partial charge on any atom is -0.381 e. The van der Waals surface area contributed by atoms with Crippen molar-refractivity contribution in [1.29, 1.82) is 0 Å². The van der Waals surface area contributed by atoms with Gasteiger partial charge in [-0.2, -0.15) is 0 Å². The number of halogens is 1. The number of hydrogen-bond donors (Lipinski definition) is 0. The van der Waals surface area contributed by atoms with Crippen LogP contribution in [-0.4, -0.2) is 38.1 Å². The molecule has 0 fully saturated rings. The molecule has 20 heavy (non-hydrogen) atoms. The first-order valence-corrected chi connectivity index (χ1v) is 7.02. The molecule has 1 aromatic rings. The van der Waals surface area contributed by atoms with Gasteiger partial charge < -0.3 is 9.64 Å². The molecule has 0 spiro atoms. The molecule has 4 heteroatoms. The van der Waals surface area contributed by atoms with Crippen LogP contribution in [0.4, 0.5) is 0 Å². The Hall–Kier alpha value is -1.06. The second kappa shape index (κ2) is 11.7. The largest absolute Gasteiger partial charge is 0.381 e. The highest BCUT2D eigenvalue weighted by Crippen LogP contribution is 2.03. The second-order valence-corrected chi connectivity index (χ2v) is 4.95. The van der Waals surface area contributed by atoms with Gasteiger partial charge in [-0.3, -0.25) is 4.79 Å². The smallest absolute Gasteiger partial charge is 0.222 e. The Bertz CT molecular complexity index is 355. The quantitative estimate of drug-likeness (QED) is 0.655. The zero-order chi connectivity index (χ0) is 13.9. The van der Waals surface area contributed by atoms with Crippen LogP contribution in [0.15, 0.2) is 30.3 Å². The number of amides is 1. The molecule has 0 saturated heterocycles. The van der Waals surface area contributed by atoms with Crippen LogP contribution in [0.25, 0.3) is 0 Å². The van der Waals surface area contributed by atoms with Crippen LogP contribution < -0.4 is 0 Å². The van der Waals surface area contributed by atoms with Gasteiger partial charge in [0.05, 0.1) is 6.61 Å². The molecule has 1 rings (SSSR count). The fourth-order valence-corrected chi connectivity index (χ4v) is 1.82. The van der Waals surface area contributed by atoms with E-state index >= 15 is 0 Å². The Labute approximate surface area is 128 Å². The van der Waals surface area contributed by atoms with Gasteiger partial charge in [-0.25, -0.2) is 0 Å². The van der Waals surface area contributed by atoms with Crippen LogP contribution in [0.5, 0.6) is 0 Å². The van der Waals surface area contributed by atoms with Crippen LogP contribution in [0.3, 0.4) is 0 Å². The molecule has 0 atom stereocenters. The summed E-state index contributed by atoms with van der Waals surface area (Å²) in [7, 11) is 3.60. The summed E-state index contributed by atoms with van der Waals surface area (Å²) in [4.78, 5) is 13.0. The summed E-state index contributed by atoms with van der Waals surface area (Å²) in [6.07, 6.45) is 4.68. The van der Waals surface area contributed by atoms with Gasteiger partial charge in [-0.1, -0.05) is 36.8 Å². The lowest BCUT2D eigenvalue weighted by atomic mass is 10.2. The van der Waals surface area contributed by atoms with E-state index in [9.17, 15) is 4.79 Å². The number of unbranched alkanes of at least 4 members (excludes halogenated alkanes) is 2. The van der Waals surface area contributed by atoms with Gasteiger partial charge in [-0.05, 0) is 24.8 Å². The van der Waals surface area contributed by atoms with E-state index in [0.717, 1.165) is 38.9 Å². The monoisotopic (exact) mass is 299 g/mol. The molecular formula is C16H26ClNO2. The highest BCUT2D eigenvalue weighted by Gasteiger charge is 2.02. The predicted octanol–water partition coefficient (Wildman–Crippen LogP) is 3.32. The van der Waals surface area contributed by atoms with Gasteiger partial charge in [0.1, 0.15) is 0 Å². The van der Waals surface area contributed by atoms with E-state index in [1.165, 1.54) is 5.56 Å². The third kappa shape index (κ3) is 8.94. The lowest BCUT2D eigenvalue weighted by Gasteiger charge is -2.09. The third-order valence-electron chi connectivity index (χ3n) is 3.06. The molecule has 3 nitrogen and oxygen atoms in total. The molecular weight excluding hydrogens is 274 g/mol. The van der Waals surface area contributed by atoms with Crippen molar-refractivity contribution in [3.63, 3.8) is 0 Å². The van der Waals surface area contributed by atoms with Crippen molar-refractivity contribution >= 4 is 18.3 Å². The van der Waals surface area contributed by atoms with Gasteiger partial charge in [-0.15, -0.1) is 12.4 Å². The van der Waals surface area contributed by atoms with Crippen molar-refractivity contribution in [1.82, 2.24) is 4.90 Å². The molecule has 114 valence electrons. The van der Waals surface area contributed by atoms with E-state index in [1.807, 2.05) is 6.07 Å². The molecule has 0 radical (unpaired) electrons. The van der Waals surface area contributed by atoms with Crippen molar-refractivity contribution in [2.45, 2.75) is 32.1 Å². The maximum atomic E-state index is 11.3. The molecule has 0 aliphatic carbocycles. The SMILES string of the molecule is CN(C)C(=O)CCCCCOCCc1ccccc1.Cl. The molecule has 0 aromatic heterocycles.